The highest BCUT2D eigenvalue weighted by atomic mass is 16.8. The molecule has 2 saturated heterocycles. The molecule has 0 aromatic heterocycles. The van der Waals surface area contributed by atoms with Crippen LogP contribution in [-0.2, 0) is 18.9 Å². The lowest BCUT2D eigenvalue weighted by Gasteiger charge is -2.19. The van der Waals surface area contributed by atoms with E-state index in [1.165, 1.54) is 0 Å². The Kier molecular flexibility index (Phi) is 5.04. The van der Waals surface area contributed by atoms with Gasteiger partial charge in [0.25, 0.3) is 6.48 Å². The zero-order chi connectivity index (χ0) is 20.5. The monoisotopic (exact) mass is 412 g/mol. The van der Waals surface area contributed by atoms with Crippen LogP contribution in [0.25, 0.3) is 21.5 Å². The minimum absolute atomic E-state index is 0.172. The molecule has 5 rings (SSSR count). The number of benzene rings is 3. The van der Waals surface area contributed by atoms with Crippen molar-refractivity contribution in [2.75, 3.05) is 26.4 Å². The summed E-state index contributed by atoms with van der Waals surface area (Å²) in [4.78, 5) is 11.2. The summed E-state index contributed by atoms with van der Waals surface area (Å²) in [5, 5.41) is 12.9. The second-order valence-corrected chi connectivity index (χ2v) is 7.07. The van der Waals surface area contributed by atoms with E-state index < -0.39 is 18.7 Å². The van der Waals surface area contributed by atoms with Crippen molar-refractivity contribution in [1.82, 2.24) is 0 Å². The van der Waals surface area contributed by atoms with E-state index in [-0.39, 0.29) is 32.5 Å². The summed E-state index contributed by atoms with van der Waals surface area (Å²) in [6, 6.07) is 15.6. The maximum absolute atomic E-state index is 11.2. The minimum atomic E-state index is -1.21. The first-order chi connectivity index (χ1) is 14.7. The van der Waals surface area contributed by atoms with Crippen LogP contribution in [0.2, 0.25) is 0 Å². The van der Waals surface area contributed by atoms with Crippen LogP contribution in [0, 0.1) is 0 Å². The summed E-state index contributed by atoms with van der Waals surface area (Å²) < 4.78 is 32.5. The van der Waals surface area contributed by atoms with Gasteiger partial charge in [-0.25, -0.2) is 4.79 Å². The zero-order valence-electron chi connectivity index (χ0n) is 16.0. The molecule has 0 amide bonds. The van der Waals surface area contributed by atoms with Gasteiger partial charge in [-0.05, 0) is 0 Å². The molecule has 1 N–H and O–H groups in total. The highest BCUT2D eigenvalue weighted by Crippen LogP contribution is 2.42. The maximum Gasteiger partial charge on any atom is 0.508 e. The van der Waals surface area contributed by atoms with E-state index in [9.17, 15) is 9.90 Å². The smallest absolute Gasteiger partial charge is 0.489 e. The Morgan fingerprint density at radius 1 is 0.833 bits per heavy atom. The van der Waals surface area contributed by atoms with Gasteiger partial charge in [0, 0.05) is 21.5 Å². The quantitative estimate of drug-likeness (QED) is 0.488. The fourth-order valence-corrected chi connectivity index (χ4v) is 3.68. The van der Waals surface area contributed by atoms with Gasteiger partial charge in [-0.3, -0.25) is 0 Å². The normalized spacial score (nSPS) is 23.5. The molecule has 3 aromatic carbocycles. The van der Waals surface area contributed by atoms with E-state index in [0.29, 0.717) is 11.5 Å². The van der Waals surface area contributed by atoms with Gasteiger partial charge in [0.05, 0.1) is 6.61 Å². The number of aliphatic hydroxyl groups is 1. The van der Waals surface area contributed by atoms with Crippen molar-refractivity contribution in [2.45, 2.75) is 18.7 Å². The molecule has 156 valence electrons. The molecule has 0 bridgehead atoms. The molecule has 0 aliphatic carbocycles. The molecule has 2 aliphatic heterocycles. The number of aliphatic hydroxyl groups excluding tert-OH is 1. The number of fused-ring (bicyclic) bond motifs is 2. The lowest BCUT2D eigenvalue weighted by atomic mass is 10.0. The molecule has 3 atom stereocenters. The lowest BCUT2D eigenvalue weighted by molar-refractivity contribution is -0.205. The molecule has 3 unspecified atom stereocenters. The van der Waals surface area contributed by atoms with Gasteiger partial charge < -0.3 is 33.5 Å². The topological polar surface area (TPSA) is 92.7 Å². The lowest BCUT2D eigenvalue weighted by Crippen LogP contribution is -2.21. The molecule has 30 heavy (non-hydrogen) atoms. The Labute approximate surface area is 171 Å². The molecule has 2 heterocycles. The second kappa shape index (κ2) is 7.98. The van der Waals surface area contributed by atoms with E-state index >= 15 is 0 Å². The first-order valence-electron chi connectivity index (χ1n) is 9.66. The van der Waals surface area contributed by atoms with Crippen LogP contribution in [0.4, 0.5) is 4.79 Å². The standard InChI is InChI=1S/C22H20O8/c23-21-27-11-13(29-21)9-25-19-15-5-1-2-6-16(15)20(18-8-4-3-7-17(18)19)26-10-14-12-28-22(24)30-14/h1-8,13-14,21,23H,9-12H2. The third-order valence-electron chi connectivity index (χ3n) is 5.04. The minimum Gasteiger partial charge on any atom is -0.489 e. The van der Waals surface area contributed by atoms with Gasteiger partial charge in [-0.2, -0.15) is 0 Å². The largest absolute Gasteiger partial charge is 0.508 e. The van der Waals surface area contributed by atoms with Gasteiger partial charge in [0.2, 0.25) is 0 Å². The molecule has 8 nitrogen and oxygen atoms in total. The van der Waals surface area contributed by atoms with Crippen LogP contribution in [0.5, 0.6) is 11.5 Å². The average Bonchev–Trinajstić information content (AvgIpc) is 3.38. The number of rotatable bonds is 6. The number of carbonyl (C=O) groups excluding carboxylic acids is 1. The fourth-order valence-electron chi connectivity index (χ4n) is 3.68. The number of hydrogen-bond acceptors (Lipinski definition) is 8. The SMILES string of the molecule is O=C1OCC(COc2c3ccccc3c(OCC3COC(O)O3)c3ccccc23)O1. The first kappa shape index (κ1) is 18.9. The van der Waals surface area contributed by atoms with Crippen molar-refractivity contribution in [3.05, 3.63) is 48.5 Å². The average molecular weight is 412 g/mol. The van der Waals surface area contributed by atoms with Gasteiger partial charge in [0.1, 0.15) is 37.4 Å². The summed E-state index contributed by atoms with van der Waals surface area (Å²) in [5.74, 6) is 1.39. The van der Waals surface area contributed by atoms with Crippen LogP contribution < -0.4 is 9.47 Å². The van der Waals surface area contributed by atoms with Gasteiger partial charge in [-0.1, -0.05) is 48.5 Å². The van der Waals surface area contributed by atoms with Crippen LogP contribution in [0.15, 0.2) is 48.5 Å². The van der Waals surface area contributed by atoms with Crippen LogP contribution >= 0.6 is 0 Å². The number of hydrogen-bond donors (Lipinski definition) is 1. The zero-order valence-corrected chi connectivity index (χ0v) is 16.0. The van der Waals surface area contributed by atoms with E-state index in [4.69, 9.17) is 28.4 Å². The van der Waals surface area contributed by atoms with E-state index in [0.717, 1.165) is 21.5 Å². The Morgan fingerprint density at radius 3 is 1.80 bits per heavy atom. The molecule has 2 fully saturated rings. The molecule has 0 saturated carbocycles. The van der Waals surface area contributed by atoms with Crippen molar-refractivity contribution >= 4 is 27.7 Å². The Hall–Kier alpha value is -3.07. The molecule has 3 aromatic rings. The Balaban J connectivity index is 1.51. The third-order valence-corrected chi connectivity index (χ3v) is 5.04. The number of cyclic esters (lactones) is 2. The van der Waals surface area contributed by atoms with E-state index in [2.05, 4.69) is 0 Å². The molecular weight excluding hydrogens is 392 g/mol. The van der Waals surface area contributed by atoms with Crippen molar-refractivity contribution in [3.63, 3.8) is 0 Å². The summed E-state index contributed by atoms with van der Waals surface area (Å²) >= 11 is 0. The van der Waals surface area contributed by atoms with E-state index in [1.807, 2.05) is 48.5 Å². The summed E-state index contributed by atoms with van der Waals surface area (Å²) in [6.45, 7) is -0.353. The highest BCUT2D eigenvalue weighted by molar-refractivity contribution is 6.11. The summed E-state index contributed by atoms with van der Waals surface area (Å²) in [5.41, 5.74) is 0. The van der Waals surface area contributed by atoms with Crippen LogP contribution in [-0.4, -0.2) is 56.4 Å². The van der Waals surface area contributed by atoms with Crippen LogP contribution in [0.1, 0.15) is 0 Å². The maximum atomic E-state index is 11.2. The van der Waals surface area contributed by atoms with Crippen molar-refractivity contribution in [2.24, 2.45) is 0 Å². The van der Waals surface area contributed by atoms with Crippen molar-refractivity contribution in [1.29, 1.82) is 0 Å². The number of carbonyl (C=O) groups is 1. The van der Waals surface area contributed by atoms with Gasteiger partial charge >= 0.3 is 6.16 Å². The molecule has 2 aliphatic rings. The van der Waals surface area contributed by atoms with Crippen molar-refractivity contribution in [3.8, 4) is 11.5 Å². The summed E-state index contributed by atoms with van der Waals surface area (Å²) in [7, 11) is 0. The third kappa shape index (κ3) is 3.60. The van der Waals surface area contributed by atoms with Crippen LogP contribution in [0.3, 0.4) is 0 Å². The molecule has 8 heteroatoms. The first-order valence-corrected chi connectivity index (χ1v) is 9.66. The molecular formula is C22H20O8. The van der Waals surface area contributed by atoms with E-state index in [1.54, 1.807) is 0 Å². The predicted molar refractivity (Wildman–Crippen MR) is 105 cm³/mol. The summed E-state index contributed by atoms with van der Waals surface area (Å²) in [6.07, 6.45) is -1.48. The second-order valence-electron chi connectivity index (χ2n) is 7.07. The van der Waals surface area contributed by atoms with Gasteiger partial charge in [-0.15, -0.1) is 0 Å². The fraction of sp³-hybridized carbons (Fsp3) is 0.318. The molecule has 0 radical (unpaired) electrons. The Morgan fingerprint density at radius 2 is 1.37 bits per heavy atom. The van der Waals surface area contributed by atoms with Crippen molar-refractivity contribution < 1.29 is 38.3 Å². The Bertz CT molecular complexity index is 1020. The van der Waals surface area contributed by atoms with Gasteiger partial charge in [0.15, 0.2) is 6.10 Å². The molecule has 0 spiro atoms. The number of ether oxygens (including phenoxy) is 6. The highest BCUT2D eigenvalue weighted by Gasteiger charge is 2.27. The predicted octanol–water partition coefficient (Wildman–Crippen LogP) is 2.98.